The van der Waals surface area contributed by atoms with E-state index in [1.807, 2.05) is 0 Å². The number of nitrogens with one attached hydrogen (secondary N) is 1. The van der Waals surface area contributed by atoms with Crippen LogP contribution in [0.2, 0.25) is 0 Å². The van der Waals surface area contributed by atoms with E-state index in [1.165, 1.54) is 0 Å². The summed E-state index contributed by atoms with van der Waals surface area (Å²) >= 11 is 0. The normalized spacial score (nSPS) is 21.2. The number of rotatable bonds is 9. The Balaban J connectivity index is 1.95. The number of hydrogen-bond donors (Lipinski definition) is 7. The summed E-state index contributed by atoms with van der Waals surface area (Å²) in [6.45, 7) is 0.530. The molecule has 5 unspecified atom stereocenters. The van der Waals surface area contributed by atoms with Crippen LogP contribution in [0, 0.1) is 136 Å². The largest absolute Gasteiger partial charge is 0.394 e. The van der Waals surface area contributed by atoms with E-state index in [1.54, 1.807) is 6.92 Å². The van der Waals surface area contributed by atoms with Gasteiger partial charge in [-0.3, -0.25) is 4.79 Å². The van der Waals surface area contributed by atoms with E-state index in [2.05, 4.69) is 136 Å². The Bertz CT molecular complexity index is 1900. The van der Waals surface area contributed by atoms with Gasteiger partial charge in [-0.15, -0.1) is 0 Å². The summed E-state index contributed by atoms with van der Waals surface area (Å²) in [5.41, 5.74) is 0. The van der Waals surface area contributed by atoms with Crippen molar-refractivity contribution in [1.29, 1.82) is 0 Å². The van der Waals surface area contributed by atoms with Gasteiger partial charge in [-0.05, 0) is 114 Å². The molecule has 0 bridgehead atoms. The van der Waals surface area contributed by atoms with Crippen LogP contribution >= 0.6 is 0 Å². The quantitative estimate of drug-likeness (QED) is 0.133. The first-order chi connectivity index (χ1) is 24.3. The average Bonchev–Trinajstić information content (AvgIpc) is 3.63. The highest BCUT2D eigenvalue weighted by Crippen LogP contribution is 2.29. The predicted molar refractivity (Wildman–Crippen MR) is 181 cm³/mol. The van der Waals surface area contributed by atoms with Gasteiger partial charge < -0.3 is 45.4 Å². The molecule has 50 heavy (non-hydrogen) atoms. The summed E-state index contributed by atoms with van der Waals surface area (Å²) in [5.74, 6) is 53.4. The Kier molecular flexibility index (Phi) is 19.8. The molecule has 10 heteroatoms. The van der Waals surface area contributed by atoms with Crippen LogP contribution in [0.4, 0.5) is 0 Å². The van der Waals surface area contributed by atoms with Gasteiger partial charge in [-0.1, -0.05) is 31.6 Å². The van der Waals surface area contributed by atoms with Gasteiger partial charge in [0.2, 0.25) is 0 Å². The minimum atomic E-state index is -1.69. The lowest BCUT2D eigenvalue weighted by molar-refractivity contribution is -0.303. The number of amides is 1. The fourth-order valence-corrected chi connectivity index (χ4v) is 4.54. The molecule has 2 rings (SSSR count). The smallest absolute Gasteiger partial charge is 0.297 e. The average molecular weight is 672 g/mol. The third-order valence-corrected chi connectivity index (χ3v) is 6.95. The summed E-state index contributed by atoms with van der Waals surface area (Å²) in [4.78, 5) is 12.5. The van der Waals surface area contributed by atoms with Gasteiger partial charge in [-0.25, -0.2) is 0 Å². The molecule has 2 aliphatic rings. The highest BCUT2D eigenvalue weighted by molar-refractivity contribution is 5.94. The lowest BCUT2D eigenvalue weighted by Gasteiger charge is -2.40. The Labute approximate surface area is 293 Å². The summed E-state index contributed by atoms with van der Waals surface area (Å²) in [6.07, 6.45) is -6.18. The number of ether oxygens (including phenoxy) is 2. The van der Waals surface area contributed by atoms with Gasteiger partial charge in [-0.2, -0.15) is 0 Å². The van der Waals surface area contributed by atoms with Crippen LogP contribution in [0.15, 0.2) is 0 Å². The fourth-order valence-electron chi connectivity index (χ4n) is 4.54. The molecule has 7 N–H and O–H groups in total. The Hall–Kier alpha value is -5.69. The van der Waals surface area contributed by atoms with E-state index < -0.39 is 68.1 Å². The van der Waals surface area contributed by atoms with Gasteiger partial charge in [0.25, 0.3) is 5.91 Å². The van der Waals surface area contributed by atoms with Crippen LogP contribution in [-0.4, -0.2) is 98.7 Å². The maximum absolute atomic E-state index is 12.5. The zero-order valence-corrected chi connectivity index (χ0v) is 27.1. The highest BCUT2D eigenvalue weighted by Gasteiger charge is 2.44. The number of hydrogen-bond acceptors (Lipinski definition) is 9. The molecule has 0 radical (unpaired) electrons. The SMILES string of the molecule is CC#CC#CC#CC#CC#CC#CC#CC#CC#CC#CC#CC(=O)N[C@@H](COC1OC(CO)C(O)C(O)C1O)[C@H](O)[C@H](O)CC1CCCC1. The molecule has 0 spiro atoms. The number of carbonyl (C=O) groups is 1. The van der Waals surface area contributed by atoms with E-state index in [4.69, 9.17) is 9.47 Å². The van der Waals surface area contributed by atoms with Crippen LogP contribution in [0.1, 0.15) is 39.0 Å². The van der Waals surface area contributed by atoms with Crippen molar-refractivity contribution in [3.05, 3.63) is 0 Å². The van der Waals surface area contributed by atoms with E-state index >= 15 is 0 Å². The molecule has 1 saturated carbocycles. The van der Waals surface area contributed by atoms with Crippen molar-refractivity contribution in [2.45, 2.75) is 88.0 Å². The summed E-state index contributed by atoms with van der Waals surface area (Å²) in [5, 5.41) is 63.7. The molecule has 252 valence electrons. The van der Waals surface area contributed by atoms with Crippen molar-refractivity contribution >= 4 is 5.91 Å². The fraction of sp³-hybridized carbons (Fsp3) is 0.425. The first-order valence-corrected chi connectivity index (χ1v) is 15.3. The summed E-state index contributed by atoms with van der Waals surface area (Å²) in [6, 6.07) is -1.22. The second-order valence-electron chi connectivity index (χ2n) is 10.4. The van der Waals surface area contributed by atoms with Crippen LogP contribution < -0.4 is 5.32 Å². The zero-order chi connectivity index (χ0) is 36.4. The zero-order valence-electron chi connectivity index (χ0n) is 27.1. The van der Waals surface area contributed by atoms with Gasteiger partial charge in [0.1, 0.15) is 30.5 Å². The maximum Gasteiger partial charge on any atom is 0.297 e. The lowest BCUT2D eigenvalue weighted by Crippen LogP contribution is -2.60. The second kappa shape index (κ2) is 24.5. The molecule has 0 aromatic carbocycles. The van der Waals surface area contributed by atoms with Crippen LogP contribution in [0.5, 0.6) is 0 Å². The monoisotopic (exact) mass is 671 g/mol. The molecular weight excluding hydrogens is 638 g/mol. The molecule has 1 heterocycles. The van der Waals surface area contributed by atoms with Gasteiger partial charge in [0.05, 0.1) is 25.4 Å². The van der Waals surface area contributed by atoms with Gasteiger partial charge in [0.15, 0.2) is 6.29 Å². The Morgan fingerprint density at radius 3 is 1.64 bits per heavy atom. The number of aliphatic hydroxyl groups is 6. The predicted octanol–water partition coefficient (Wildman–Crippen LogP) is -2.35. The van der Waals surface area contributed by atoms with Crippen molar-refractivity contribution < 1.29 is 44.9 Å². The molecule has 8 atom stereocenters. The minimum absolute atomic E-state index is 0.222. The molecular formula is C40H33NO9. The van der Waals surface area contributed by atoms with E-state index in [-0.39, 0.29) is 5.92 Å². The summed E-state index contributed by atoms with van der Waals surface area (Å²) < 4.78 is 10.8. The maximum atomic E-state index is 12.5. The van der Waals surface area contributed by atoms with Crippen molar-refractivity contribution in [1.82, 2.24) is 5.32 Å². The molecule has 1 aliphatic heterocycles. The van der Waals surface area contributed by atoms with Crippen LogP contribution in [0.3, 0.4) is 0 Å². The van der Waals surface area contributed by atoms with Crippen molar-refractivity contribution in [3.63, 3.8) is 0 Å². The van der Waals surface area contributed by atoms with Gasteiger partial charge in [0, 0.05) is 29.6 Å². The van der Waals surface area contributed by atoms with E-state index in [0.29, 0.717) is 6.42 Å². The number of aliphatic hydroxyl groups excluding tert-OH is 6. The third kappa shape index (κ3) is 15.9. The standard InChI is InChI=1S/C40H33NO9/c1-2-3-4-5-6-7-8-9-10-11-12-13-14-15-16-17-18-19-20-21-22-27-35(44)41-32(36(45)33(43)28-31-25-23-24-26-31)30-49-40-39(48)38(47)37(46)34(29-42)50-40/h31-34,36-40,42-43,45-48H,23-26,28-30H2,1H3,(H,41,44)/t32-,33+,34?,36-,37?,38?,39?,40?/m0/s1. The topological polar surface area (TPSA) is 169 Å². The first-order valence-electron chi connectivity index (χ1n) is 15.3. The van der Waals surface area contributed by atoms with Crippen LogP contribution in [-0.2, 0) is 14.3 Å². The van der Waals surface area contributed by atoms with E-state index in [0.717, 1.165) is 25.7 Å². The van der Waals surface area contributed by atoms with Crippen molar-refractivity contribution in [2.75, 3.05) is 13.2 Å². The Morgan fingerprint density at radius 2 is 1.18 bits per heavy atom. The Morgan fingerprint density at radius 1 is 0.720 bits per heavy atom. The third-order valence-electron chi connectivity index (χ3n) is 6.95. The molecule has 0 aromatic heterocycles. The highest BCUT2D eigenvalue weighted by atomic mass is 16.7. The van der Waals surface area contributed by atoms with Gasteiger partial charge >= 0.3 is 0 Å². The van der Waals surface area contributed by atoms with E-state index in [9.17, 15) is 35.4 Å². The second-order valence-corrected chi connectivity index (χ2v) is 10.4. The summed E-state index contributed by atoms with van der Waals surface area (Å²) in [7, 11) is 0. The molecule has 1 amide bonds. The molecule has 2 fully saturated rings. The molecule has 10 nitrogen and oxygen atoms in total. The minimum Gasteiger partial charge on any atom is -0.394 e. The number of carbonyl (C=O) groups excluding carboxylic acids is 1. The molecule has 1 aliphatic carbocycles. The van der Waals surface area contributed by atoms with Crippen molar-refractivity contribution in [2.24, 2.45) is 5.92 Å². The lowest BCUT2D eigenvalue weighted by atomic mass is 9.94. The van der Waals surface area contributed by atoms with Crippen molar-refractivity contribution in [3.8, 4) is 130 Å². The first kappa shape index (κ1) is 40.5. The van der Waals surface area contributed by atoms with Crippen LogP contribution in [0.25, 0.3) is 0 Å². The molecule has 0 aromatic rings. The molecule has 1 saturated heterocycles.